The number of benzene rings is 1. The molecular weight excluding hydrogens is 326 g/mol. The van der Waals surface area contributed by atoms with E-state index in [1.165, 1.54) is 37.5 Å². The molecule has 8 heteroatoms. The zero-order valence-electron chi connectivity index (χ0n) is 13.4. The molecule has 1 aliphatic rings. The Morgan fingerprint density at radius 3 is 2.42 bits per heavy atom. The quantitative estimate of drug-likeness (QED) is 0.830. The Balaban J connectivity index is 1.56. The minimum absolute atomic E-state index is 0.00916. The standard InChI is InChI=1S/C16H19N5O2S/c1-11(22)12-5-7-13(8-6-12)17-14(23)18-15-19-20-16(24-15)21-9-3-2-4-10-21/h5-8H,2-4,9-10H2,1H3,(H2,17,18,19,23). The molecule has 1 aliphatic heterocycles. The molecule has 0 saturated carbocycles. The van der Waals surface area contributed by atoms with Gasteiger partial charge >= 0.3 is 6.03 Å². The Labute approximate surface area is 144 Å². The number of nitrogens with one attached hydrogen (secondary N) is 2. The van der Waals surface area contributed by atoms with E-state index >= 15 is 0 Å². The van der Waals surface area contributed by atoms with Crippen molar-refractivity contribution >= 4 is 39.1 Å². The van der Waals surface area contributed by atoms with E-state index in [1.54, 1.807) is 24.3 Å². The van der Waals surface area contributed by atoms with E-state index in [0.717, 1.165) is 18.2 Å². The van der Waals surface area contributed by atoms with Crippen LogP contribution >= 0.6 is 11.3 Å². The van der Waals surface area contributed by atoms with Crippen molar-refractivity contribution in [1.29, 1.82) is 0 Å². The van der Waals surface area contributed by atoms with E-state index in [1.807, 2.05) is 0 Å². The predicted octanol–water partition coefficient (Wildman–Crippen LogP) is 3.38. The third-order valence-corrected chi connectivity index (χ3v) is 4.71. The molecule has 1 aromatic carbocycles. The van der Waals surface area contributed by atoms with E-state index in [-0.39, 0.29) is 11.8 Å². The molecule has 0 unspecified atom stereocenters. The van der Waals surface area contributed by atoms with Crippen LogP contribution in [-0.4, -0.2) is 35.1 Å². The first-order chi connectivity index (χ1) is 11.6. The number of nitrogens with zero attached hydrogens (tertiary/aromatic N) is 3. The van der Waals surface area contributed by atoms with Crippen molar-refractivity contribution in [3.63, 3.8) is 0 Å². The molecule has 2 heterocycles. The van der Waals surface area contributed by atoms with Crippen molar-refractivity contribution in [2.75, 3.05) is 28.6 Å². The molecule has 2 N–H and O–H groups in total. The van der Waals surface area contributed by atoms with Crippen LogP contribution in [0.1, 0.15) is 36.5 Å². The average molecular weight is 345 g/mol. The van der Waals surface area contributed by atoms with Gasteiger partial charge in [0.2, 0.25) is 10.3 Å². The Bertz CT molecular complexity index is 722. The topological polar surface area (TPSA) is 87.2 Å². The fraction of sp³-hybridized carbons (Fsp3) is 0.375. The number of rotatable bonds is 4. The summed E-state index contributed by atoms with van der Waals surface area (Å²) in [5.41, 5.74) is 1.22. The smallest absolute Gasteiger partial charge is 0.325 e. The molecule has 1 aromatic heterocycles. The van der Waals surface area contributed by atoms with Crippen molar-refractivity contribution < 1.29 is 9.59 Å². The predicted molar refractivity (Wildman–Crippen MR) is 95.1 cm³/mol. The third-order valence-electron chi connectivity index (χ3n) is 3.81. The van der Waals surface area contributed by atoms with Crippen molar-refractivity contribution in [2.45, 2.75) is 26.2 Å². The second-order valence-corrected chi connectivity index (χ2v) is 6.61. The highest BCUT2D eigenvalue weighted by molar-refractivity contribution is 7.19. The van der Waals surface area contributed by atoms with Gasteiger partial charge in [-0.05, 0) is 50.5 Å². The number of anilines is 3. The van der Waals surface area contributed by atoms with Crippen molar-refractivity contribution in [3.8, 4) is 0 Å². The van der Waals surface area contributed by atoms with Crippen LogP contribution < -0.4 is 15.5 Å². The van der Waals surface area contributed by atoms with E-state index in [2.05, 4.69) is 25.7 Å². The summed E-state index contributed by atoms with van der Waals surface area (Å²) in [7, 11) is 0. The lowest BCUT2D eigenvalue weighted by molar-refractivity contribution is 0.101. The Morgan fingerprint density at radius 1 is 1.04 bits per heavy atom. The summed E-state index contributed by atoms with van der Waals surface area (Å²) in [5, 5.41) is 14.9. The van der Waals surface area contributed by atoms with Crippen LogP contribution in [0, 0.1) is 0 Å². The van der Waals surface area contributed by atoms with Crippen LogP contribution in [0.15, 0.2) is 24.3 Å². The summed E-state index contributed by atoms with van der Waals surface area (Å²) in [4.78, 5) is 25.5. The van der Waals surface area contributed by atoms with Crippen molar-refractivity contribution in [1.82, 2.24) is 10.2 Å². The second-order valence-electron chi connectivity index (χ2n) is 5.65. The second kappa shape index (κ2) is 7.39. The number of carbonyl (C=O) groups is 2. The van der Waals surface area contributed by atoms with Gasteiger partial charge in [-0.15, -0.1) is 10.2 Å². The highest BCUT2D eigenvalue weighted by atomic mass is 32.1. The largest absolute Gasteiger partial charge is 0.347 e. The number of piperidine rings is 1. The Hall–Kier alpha value is -2.48. The zero-order valence-corrected chi connectivity index (χ0v) is 14.2. The number of carbonyl (C=O) groups excluding carboxylic acids is 2. The van der Waals surface area contributed by atoms with Gasteiger partial charge in [-0.2, -0.15) is 0 Å². The molecule has 126 valence electrons. The summed E-state index contributed by atoms with van der Waals surface area (Å²) in [6.07, 6.45) is 3.59. The Morgan fingerprint density at radius 2 is 1.75 bits per heavy atom. The lowest BCUT2D eigenvalue weighted by atomic mass is 10.1. The van der Waals surface area contributed by atoms with Gasteiger partial charge in [-0.3, -0.25) is 10.1 Å². The number of ketones is 1. The fourth-order valence-corrected chi connectivity index (χ4v) is 3.32. The molecule has 3 rings (SSSR count). The molecule has 1 fully saturated rings. The molecule has 7 nitrogen and oxygen atoms in total. The number of aromatic nitrogens is 2. The maximum Gasteiger partial charge on any atom is 0.325 e. The van der Waals surface area contributed by atoms with Gasteiger partial charge in [0.1, 0.15) is 0 Å². The Kier molecular flexibility index (Phi) is 5.05. The summed E-state index contributed by atoms with van der Waals surface area (Å²) < 4.78 is 0. The van der Waals surface area contributed by atoms with Crippen molar-refractivity contribution in [3.05, 3.63) is 29.8 Å². The number of Topliss-reactive ketones (excluding diaryl/α,β-unsaturated/α-hetero) is 1. The summed E-state index contributed by atoms with van der Waals surface area (Å²) >= 11 is 1.37. The average Bonchev–Trinajstić information content (AvgIpc) is 3.04. The number of hydrogen-bond donors (Lipinski definition) is 2. The van der Waals surface area contributed by atoms with Gasteiger partial charge in [-0.25, -0.2) is 4.79 Å². The van der Waals surface area contributed by atoms with Gasteiger partial charge in [0, 0.05) is 24.3 Å². The van der Waals surface area contributed by atoms with Crippen LogP contribution in [-0.2, 0) is 0 Å². The van der Waals surface area contributed by atoms with Gasteiger partial charge < -0.3 is 10.2 Å². The molecule has 24 heavy (non-hydrogen) atoms. The zero-order chi connectivity index (χ0) is 16.9. The maximum atomic E-state index is 12.0. The fourth-order valence-electron chi connectivity index (χ4n) is 2.53. The number of amides is 2. The van der Waals surface area contributed by atoms with Gasteiger partial charge in [-0.1, -0.05) is 11.3 Å². The summed E-state index contributed by atoms with van der Waals surface area (Å²) in [6, 6.07) is 6.35. The van der Waals surface area contributed by atoms with E-state index in [0.29, 0.717) is 16.4 Å². The van der Waals surface area contributed by atoms with Crippen LogP contribution in [0.2, 0.25) is 0 Å². The van der Waals surface area contributed by atoms with E-state index < -0.39 is 0 Å². The monoisotopic (exact) mass is 345 g/mol. The van der Waals surface area contributed by atoms with Gasteiger partial charge in [0.05, 0.1) is 0 Å². The van der Waals surface area contributed by atoms with E-state index in [9.17, 15) is 9.59 Å². The minimum Gasteiger partial charge on any atom is -0.347 e. The van der Waals surface area contributed by atoms with E-state index in [4.69, 9.17) is 0 Å². The molecule has 0 aliphatic carbocycles. The normalized spacial score (nSPS) is 14.3. The first kappa shape index (κ1) is 16.4. The lowest BCUT2D eigenvalue weighted by Crippen LogP contribution is -2.29. The molecule has 0 radical (unpaired) electrons. The first-order valence-electron chi connectivity index (χ1n) is 7.89. The van der Waals surface area contributed by atoms with Gasteiger partial charge in [0.15, 0.2) is 5.78 Å². The highest BCUT2D eigenvalue weighted by Crippen LogP contribution is 2.26. The maximum absolute atomic E-state index is 12.0. The van der Waals surface area contributed by atoms with Crippen LogP contribution in [0.3, 0.4) is 0 Å². The van der Waals surface area contributed by atoms with Gasteiger partial charge in [0.25, 0.3) is 0 Å². The molecule has 0 atom stereocenters. The van der Waals surface area contributed by atoms with Crippen molar-refractivity contribution in [2.24, 2.45) is 0 Å². The molecule has 0 spiro atoms. The van der Waals surface area contributed by atoms with Crippen LogP contribution in [0.5, 0.6) is 0 Å². The summed E-state index contributed by atoms with van der Waals surface area (Å²) in [5.74, 6) is -0.00916. The molecule has 0 bridgehead atoms. The third kappa shape index (κ3) is 4.08. The highest BCUT2D eigenvalue weighted by Gasteiger charge is 2.16. The van der Waals surface area contributed by atoms with Crippen LogP contribution in [0.4, 0.5) is 20.7 Å². The summed E-state index contributed by atoms with van der Waals surface area (Å²) in [6.45, 7) is 3.48. The lowest BCUT2D eigenvalue weighted by Gasteiger charge is -2.25. The first-order valence-corrected chi connectivity index (χ1v) is 8.71. The molecule has 2 amide bonds. The SMILES string of the molecule is CC(=O)c1ccc(NC(=O)Nc2nnc(N3CCCCC3)s2)cc1. The minimum atomic E-state index is -0.382. The molecular formula is C16H19N5O2S. The molecule has 2 aromatic rings. The van der Waals surface area contributed by atoms with Crippen LogP contribution in [0.25, 0.3) is 0 Å². The molecule has 1 saturated heterocycles. The number of urea groups is 1. The number of hydrogen-bond acceptors (Lipinski definition) is 6.